The van der Waals surface area contributed by atoms with Gasteiger partial charge >= 0.3 is 6.03 Å². The van der Waals surface area contributed by atoms with Crippen LogP contribution in [0.3, 0.4) is 0 Å². The molecule has 2 amide bonds. The molecule has 5 aliphatic rings. The summed E-state index contributed by atoms with van der Waals surface area (Å²) in [5.74, 6) is -1.49. The van der Waals surface area contributed by atoms with Crippen LogP contribution in [0.2, 0.25) is 0 Å². The summed E-state index contributed by atoms with van der Waals surface area (Å²) in [6.45, 7) is 5.61. The van der Waals surface area contributed by atoms with E-state index in [1.54, 1.807) is 4.90 Å². The van der Waals surface area contributed by atoms with Crippen molar-refractivity contribution in [1.82, 2.24) is 30.2 Å². The Kier molecular flexibility index (Phi) is 7.82. The molecule has 0 spiro atoms. The highest BCUT2D eigenvalue weighted by atomic mass is 19.3. The number of carbonyl (C=O) groups is 1. The van der Waals surface area contributed by atoms with Crippen molar-refractivity contribution < 1.29 is 22.5 Å². The van der Waals surface area contributed by atoms with Crippen LogP contribution >= 0.6 is 0 Å². The van der Waals surface area contributed by atoms with Crippen molar-refractivity contribution in [2.24, 2.45) is 5.92 Å². The number of alkyl halides is 3. The summed E-state index contributed by atoms with van der Waals surface area (Å²) in [4.78, 5) is 24.2. The van der Waals surface area contributed by atoms with Crippen LogP contribution in [0, 0.1) is 5.92 Å². The number of hydrogen-bond donors (Lipinski definition) is 1. The minimum atomic E-state index is -2.94. The van der Waals surface area contributed by atoms with Gasteiger partial charge in [0.05, 0.1) is 5.92 Å². The zero-order chi connectivity index (χ0) is 28.1. The number of likely N-dealkylation sites (tertiary alicyclic amines) is 2. The summed E-state index contributed by atoms with van der Waals surface area (Å²) in [5.41, 5.74) is -0.397. The first-order chi connectivity index (χ1) is 19.1. The average Bonchev–Trinajstić information content (AvgIpc) is 3.84. The fraction of sp³-hybridized carbons (Fsp3) is 0.897. The van der Waals surface area contributed by atoms with E-state index in [9.17, 15) is 9.18 Å². The smallest absolute Gasteiger partial charge is 0.317 e. The first kappa shape index (κ1) is 28.2. The summed E-state index contributed by atoms with van der Waals surface area (Å²) in [6, 6.07) is -1.45. The van der Waals surface area contributed by atoms with Gasteiger partial charge < -0.3 is 19.6 Å². The highest BCUT2D eigenvalue weighted by Gasteiger charge is 2.51. The maximum Gasteiger partial charge on any atom is 0.317 e. The normalized spacial score (nSPS) is 34.5. The molecule has 0 bridgehead atoms. The second-order valence-electron chi connectivity index (χ2n) is 13.5. The fourth-order valence-electron chi connectivity index (χ4n) is 7.18. The Balaban J connectivity index is 1.06. The van der Waals surface area contributed by atoms with Gasteiger partial charge in [0.15, 0.2) is 5.82 Å². The molecule has 0 radical (unpaired) electrons. The van der Waals surface area contributed by atoms with Gasteiger partial charge in [-0.15, -0.1) is 0 Å². The predicted molar refractivity (Wildman–Crippen MR) is 144 cm³/mol. The number of piperidine rings is 1. The van der Waals surface area contributed by atoms with Crippen LogP contribution in [0.1, 0.15) is 95.2 Å². The lowest BCUT2D eigenvalue weighted by molar-refractivity contribution is -0.0918. The first-order valence-corrected chi connectivity index (χ1v) is 15.5. The Bertz CT molecular complexity index is 1040. The number of carbonyl (C=O) groups excluding carboxylic acids is 1. The maximum atomic E-state index is 15.4. The van der Waals surface area contributed by atoms with Gasteiger partial charge in [-0.1, -0.05) is 12.1 Å². The van der Waals surface area contributed by atoms with E-state index in [1.165, 1.54) is 12.8 Å². The minimum absolute atomic E-state index is 0.187. The van der Waals surface area contributed by atoms with Gasteiger partial charge in [0.25, 0.3) is 5.92 Å². The van der Waals surface area contributed by atoms with Crippen molar-refractivity contribution in [2.45, 2.75) is 119 Å². The summed E-state index contributed by atoms with van der Waals surface area (Å²) in [7, 11) is 2.21. The molecule has 3 saturated carbocycles. The maximum absolute atomic E-state index is 15.4. The number of rotatable bonds is 7. The fourth-order valence-corrected chi connectivity index (χ4v) is 7.18. The Labute approximate surface area is 235 Å². The second kappa shape index (κ2) is 11.1. The monoisotopic (exact) mass is 566 g/mol. The van der Waals surface area contributed by atoms with E-state index in [2.05, 4.69) is 32.3 Å². The van der Waals surface area contributed by atoms with Gasteiger partial charge in [0, 0.05) is 50.1 Å². The Morgan fingerprint density at radius 3 is 2.52 bits per heavy atom. The van der Waals surface area contributed by atoms with Crippen LogP contribution in [0.25, 0.3) is 0 Å². The van der Waals surface area contributed by atoms with Crippen molar-refractivity contribution >= 4 is 6.03 Å². The minimum Gasteiger partial charge on any atom is -0.339 e. The zero-order valence-corrected chi connectivity index (χ0v) is 24.0. The Morgan fingerprint density at radius 2 is 1.82 bits per heavy atom. The number of urea groups is 1. The van der Waals surface area contributed by atoms with E-state index < -0.39 is 29.6 Å². The molecule has 40 heavy (non-hydrogen) atoms. The largest absolute Gasteiger partial charge is 0.339 e. The third-order valence-electron chi connectivity index (χ3n) is 10.4. The van der Waals surface area contributed by atoms with Gasteiger partial charge in [-0.05, 0) is 83.7 Å². The van der Waals surface area contributed by atoms with E-state index in [1.807, 2.05) is 6.92 Å². The van der Waals surface area contributed by atoms with E-state index in [-0.39, 0.29) is 18.4 Å². The van der Waals surface area contributed by atoms with Gasteiger partial charge in [0.1, 0.15) is 12.2 Å². The second-order valence-corrected chi connectivity index (χ2v) is 13.5. The van der Waals surface area contributed by atoms with Crippen LogP contribution in [0.4, 0.5) is 18.0 Å². The molecule has 11 heteroatoms. The van der Waals surface area contributed by atoms with Gasteiger partial charge in [-0.2, -0.15) is 4.98 Å². The first-order valence-electron chi connectivity index (χ1n) is 15.5. The summed E-state index contributed by atoms with van der Waals surface area (Å²) in [6.07, 6.45) is 7.43. The molecule has 3 aliphatic carbocycles. The highest BCUT2D eigenvalue weighted by molar-refractivity contribution is 5.75. The quantitative estimate of drug-likeness (QED) is 0.515. The van der Waals surface area contributed by atoms with Crippen LogP contribution < -0.4 is 5.32 Å². The van der Waals surface area contributed by atoms with Crippen LogP contribution in [0.15, 0.2) is 4.52 Å². The van der Waals surface area contributed by atoms with Gasteiger partial charge in [-0.25, -0.2) is 18.0 Å². The van der Waals surface area contributed by atoms with Crippen molar-refractivity contribution in [3.8, 4) is 0 Å². The molecule has 1 aromatic rings. The number of hydrogen-bond acceptors (Lipinski definition) is 6. The third kappa shape index (κ3) is 6.01. The standard InChI is InChI=1S/C29H45F3N6O2/c1-28(26-34-25(40-35-26)21-17-22(21)30)11-15-38(16-12-28)27(39)33-24-23(6-3-10-29(24,31)32)37-13-4-5-20(9-14-37)36(2)18-19-7-8-19/h19-24H,3-18H2,1-2H3,(H,33,39)/t20-,21-,22+,23+,24-/m1/s1. The molecule has 5 fully saturated rings. The molecule has 1 aromatic heterocycles. The van der Waals surface area contributed by atoms with Gasteiger partial charge in [-0.3, -0.25) is 4.90 Å². The summed E-state index contributed by atoms with van der Waals surface area (Å²) >= 11 is 0. The molecule has 6 rings (SSSR count). The lowest BCUT2D eigenvalue weighted by Crippen LogP contribution is -2.64. The highest BCUT2D eigenvalue weighted by Crippen LogP contribution is 2.44. The van der Waals surface area contributed by atoms with Crippen molar-refractivity contribution in [2.75, 3.05) is 39.8 Å². The predicted octanol–water partition coefficient (Wildman–Crippen LogP) is 4.71. The molecular weight excluding hydrogens is 521 g/mol. The molecular formula is C29H45F3N6O2. The zero-order valence-electron chi connectivity index (χ0n) is 24.0. The number of aromatic nitrogens is 2. The van der Waals surface area contributed by atoms with E-state index in [0.717, 1.165) is 44.8 Å². The molecule has 224 valence electrons. The summed E-state index contributed by atoms with van der Waals surface area (Å²) < 4.78 is 49.5. The van der Waals surface area contributed by atoms with Crippen molar-refractivity contribution in [3.05, 3.63) is 11.7 Å². The molecule has 0 unspecified atom stereocenters. The van der Waals surface area contributed by atoms with Crippen LogP contribution in [0.5, 0.6) is 0 Å². The third-order valence-corrected chi connectivity index (χ3v) is 10.4. The average molecular weight is 567 g/mol. The topological polar surface area (TPSA) is 77.7 Å². The lowest BCUT2D eigenvalue weighted by atomic mass is 9.79. The van der Waals surface area contributed by atoms with E-state index in [0.29, 0.717) is 63.0 Å². The molecule has 5 atom stereocenters. The number of nitrogens with one attached hydrogen (secondary N) is 1. The SMILES string of the molecule is CN(CC1CC1)[C@@H]1CCCN([C@H]2CCCC(F)(F)[C@@H]2NC(=O)N2CCC(C)(c3noc([C@@H]4C[C@@H]4F)n3)CC2)CC1. The number of halogens is 3. The Morgan fingerprint density at radius 1 is 1.07 bits per heavy atom. The molecule has 8 nitrogen and oxygen atoms in total. The van der Waals surface area contributed by atoms with Crippen molar-refractivity contribution in [1.29, 1.82) is 0 Å². The number of amides is 2. The summed E-state index contributed by atoms with van der Waals surface area (Å²) in [5, 5.41) is 6.92. The molecule has 0 aromatic carbocycles. The molecule has 2 aliphatic heterocycles. The van der Waals surface area contributed by atoms with Crippen LogP contribution in [-0.2, 0) is 5.41 Å². The molecule has 3 heterocycles. The van der Waals surface area contributed by atoms with E-state index in [4.69, 9.17) is 4.52 Å². The molecule has 1 N–H and O–H groups in total. The van der Waals surface area contributed by atoms with Gasteiger partial charge in [0.2, 0.25) is 5.89 Å². The van der Waals surface area contributed by atoms with Crippen LogP contribution in [-0.4, -0.2) is 101 Å². The van der Waals surface area contributed by atoms with E-state index >= 15 is 8.78 Å². The number of nitrogens with zero attached hydrogens (tertiary/aromatic N) is 5. The van der Waals surface area contributed by atoms with Crippen molar-refractivity contribution in [3.63, 3.8) is 0 Å². The lowest BCUT2D eigenvalue weighted by Gasteiger charge is -2.45. The molecule has 2 saturated heterocycles. The Hall–Kier alpha value is -1.88.